The topological polar surface area (TPSA) is 35.5 Å². The third kappa shape index (κ3) is 6.35. The summed E-state index contributed by atoms with van der Waals surface area (Å²) in [6.07, 6.45) is 7.83. The lowest BCUT2D eigenvalue weighted by Gasteiger charge is -2.18. The fraction of sp³-hybridized carbons (Fsp3) is 0.519. The molecule has 1 aliphatic rings. The summed E-state index contributed by atoms with van der Waals surface area (Å²) in [6.45, 7) is 6.61. The number of aryl methyl sites for hydroxylation is 1. The molecular formula is C27H38O3. The maximum Gasteiger partial charge on any atom is 0.166 e. The predicted octanol–water partition coefficient (Wildman–Crippen LogP) is 6.91. The molecule has 3 rings (SSSR count). The van der Waals surface area contributed by atoms with Gasteiger partial charge in [-0.3, -0.25) is 4.79 Å². The van der Waals surface area contributed by atoms with E-state index in [2.05, 4.69) is 45.0 Å². The van der Waals surface area contributed by atoms with Crippen molar-refractivity contribution >= 4 is 5.78 Å². The summed E-state index contributed by atoms with van der Waals surface area (Å²) in [5.74, 6) is 2.45. The number of hydrogen-bond acceptors (Lipinski definition) is 3. The summed E-state index contributed by atoms with van der Waals surface area (Å²) in [5, 5.41) is 0. The van der Waals surface area contributed by atoms with Crippen LogP contribution >= 0.6 is 0 Å². The Morgan fingerprint density at radius 3 is 2.03 bits per heavy atom. The van der Waals surface area contributed by atoms with Crippen LogP contribution < -0.4 is 9.47 Å². The summed E-state index contributed by atoms with van der Waals surface area (Å²) >= 11 is 0. The third-order valence-corrected chi connectivity index (χ3v) is 5.97. The molecule has 1 atom stereocenters. The van der Waals surface area contributed by atoms with E-state index in [-0.39, 0.29) is 11.7 Å². The van der Waals surface area contributed by atoms with Crippen LogP contribution in [0.4, 0.5) is 0 Å². The molecule has 2 aromatic carbocycles. The van der Waals surface area contributed by atoms with Gasteiger partial charge in [0.2, 0.25) is 0 Å². The van der Waals surface area contributed by atoms with Crippen molar-refractivity contribution in [2.45, 2.75) is 65.7 Å². The molecule has 0 fully saturated rings. The number of methoxy groups -OCH3 is 2. The van der Waals surface area contributed by atoms with Gasteiger partial charge in [-0.25, -0.2) is 0 Å². The number of fused-ring (bicyclic) bond motifs is 1. The lowest BCUT2D eigenvalue weighted by Crippen LogP contribution is -2.14. The van der Waals surface area contributed by atoms with E-state index in [9.17, 15) is 4.79 Å². The Hall–Kier alpha value is -2.29. The summed E-state index contributed by atoms with van der Waals surface area (Å²) in [6, 6.07) is 14.3. The zero-order valence-electron chi connectivity index (χ0n) is 19.4. The smallest absolute Gasteiger partial charge is 0.166 e. The fourth-order valence-corrected chi connectivity index (χ4v) is 4.40. The minimum Gasteiger partial charge on any atom is -0.493 e. The molecule has 2 aromatic rings. The maximum atomic E-state index is 12.7. The Bertz CT molecular complexity index is 776. The van der Waals surface area contributed by atoms with Crippen LogP contribution in [0.25, 0.3) is 0 Å². The van der Waals surface area contributed by atoms with Gasteiger partial charge in [0.1, 0.15) is 0 Å². The van der Waals surface area contributed by atoms with Gasteiger partial charge in [0.05, 0.1) is 14.2 Å². The zero-order chi connectivity index (χ0) is 21.9. The quantitative estimate of drug-likeness (QED) is 0.450. The first-order chi connectivity index (χ1) is 14.6. The van der Waals surface area contributed by atoms with Crippen LogP contribution in [0.3, 0.4) is 0 Å². The standard InChI is InChI=1S/C19H28O3.C8H10/c1-5-7-13(8-6-2)9-15-10-14-11-17(21-3)18(22-4)12-16(14)19(15)20;1-2-8-6-4-3-5-7-8/h11-13,15H,5-10H2,1-4H3;3-7H,2H2,1H3. The first-order valence-electron chi connectivity index (χ1n) is 11.4. The highest BCUT2D eigenvalue weighted by atomic mass is 16.5. The van der Waals surface area contributed by atoms with Crippen molar-refractivity contribution in [3.8, 4) is 11.5 Å². The average molecular weight is 411 g/mol. The van der Waals surface area contributed by atoms with Crippen molar-refractivity contribution in [1.82, 2.24) is 0 Å². The number of ketones is 1. The molecule has 0 amide bonds. The molecule has 3 nitrogen and oxygen atoms in total. The lowest BCUT2D eigenvalue weighted by molar-refractivity contribution is 0.0915. The Balaban J connectivity index is 0.000000335. The van der Waals surface area contributed by atoms with Gasteiger partial charge in [-0.1, -0.05) is 76.8 Å². The lowest BCUT2D eigenvalue weighted by atomic mass is 9.86. The number of ether oxygens (including phenoxy) is 2. The number of carbonyl (C=O) groups is 1. The first-order valence-corrected chi connectivity index (χ1v) is 11.4. The summed E-state index contributed by atoms with van der Waals surface area (Å²) in [7, 11) is 3.25. The minimum atomic E-state index is 0.134. The van der Waals surface area contributed by atoms with Crippen LogP contribution in [0, 0.1) is 11.8 Å². The summed E-state index contributed by atoms with van der Waals surface area (Å²) < 4.78 is 10.7. The Labute approximate surface area is 182 Å². The van der Waals surface area contributed by atoms with Crippen molar-refractivity contribution < 1.29 is 14.3 Å². The van der Waals surface area contributed by atoms with E-state index in [1.807, 2.05) is 18.2 Å². The fourth-order valence-electron chi connectivity index (χ4n) is 4.40. The number of rotatable bonds is 9. The van der Waals surface area contributed by atoms with Gasteiger partial charge in [0.15, 0.2) is 17.3 Å². The molecule has 0 aliphatic heterocycles. The number of Topliss-reactive ketones (excluding diaryl/α,β-unsaturated/α-hetero) is 1. The molecule has 0 N–H and O–H groups in total. The molecule has 0 spiro atoms. The first kappa shape index (κ1) is 24.0. The molecule has 0 radical (unpaired) electrons. The van der Waals surface area contributed by atoms with E-state index >= 15 is 0 Å². The van der Waals surface area contributed by atoms with Crippen molar-refractivity contribution in [3.05, 3.63) is 59.2 Å². The van der Waals surface area contributed by atoms with Gasteiger partial charge in [-0.2, -0.15) is 0 Å². The van der Waals surface area contributed by atoms with Gasteiger partial charge < -0.3 is 9.47 Å². The van der Waals surface area contributed by atoms with E-state index in [0.717, 1.165) is 30.4 Å². The van der Waals surface area contributed by atoms with Crippen molar-refractivity contribution in [1.29, 1.82) is 0 Å². The SMILES string of the molecule is CCCC(CCC)CC1Cc2cc(OC)c(OC)cc2C1=O.CCc1ccccc1. The predicted molar refractivity (Wildman–Crippen MR) is 125 cm³/mol. The minimum absolute atomic E-state index is 0.134. The second-order valence-corrected chi connectivity index (χ2v) is 8.15. The van der Waals surface area contributed by atoms with Gasteiger partial charge >= 0.3 is 0 Å². The Morgan fingerprint density at radius 1 is 0.933 bits per heavy atom. The Kier molecular flexibility index (Phi) is 9.93. The van der Waals surface area contributed by atoms with Crippen LogP contribution in [-0.4, -0.2) is 20.0 Å². The second kappa shape index (κ2) is 12.4. The van der Waals surface area contributed by atoms with Gasteiger partial charge in [-0.15, -0.1) is 0 Å². The average Bonchev–Trinajstić information content (AvgIpc) is 3.08. The van der Waals surface area contributed by atoms with Gasteiger partial charge in [0.25, 0.3) is 0 Å². The van der Waals surface area contributed by atoms with Crippen LogP contribution in [0.15, 0.2) is 42.5 Å². The number of hydrogen-bond donors (Lipinski definition) is 0. The summed E-state index contributed by atoms with van der Waals surface area (Å²) in [5.41, 5.74) is 3.35. The van der Waals surface area contributed by atoms with Crippen LogP contribution in [0.2, 0.25) is 0 Å². The molecule has 1 aliphatic carbocycles. The van der Waals surface area contributed by atoms with Crippen molar-refractivity contribution in [3.63, 3.8) is 0 Å². The van der Waals surface area contributed by atoms with E-state index in [4.69, 9.17) is 9.47 Å². The monoisotopic (exact) mass is 410 g/mol. The van der Waals surface area contributed by atoms with E-state index in [0.29, 0.717) is 17.4 Å². The molecule has 0 aromatic heterocycles. The highest BCUT2D eigenvalue weighted by molar-refractivity contribution is 6.02. The van der Waals surface area contributed by atoms with E-state index in [1.54, 1.807) is 14.2 Å². The molecular weight excluding hydrogens is 372 g/mol. The van der Waals surface area contributed by atoms with E-state index < -0.39 is 0 Å². The van der Waals surface area contributed by atoms with E-state index in [1.165, 1.54) is 31.2 Å². The summed E-state index contributed by atoms with van der Waals surface area (Å²) in [4.78, 5) is 12.7. The number of benzene rings is 2. The molecule has 30 heavy (non-hydrogen) atoms. The molecule has 0 bridgehead atoms. The maximum absolute atomic E-state index is 12.7. The van der Waals surface area contributed by atoms with Crippen LogP contribution in [-0.2, 0) is 12.8 Å². The van der Waals surface area contributed by atoms with Crippen molar-refractivity contribution in [2.24, 2.45) is 11.8 Å². The molecule has 164 valence electrons. The third-order valence-electron chi connectivity index (χ3n) is 5.97. The molecule has 1 unspecified atom stereocenters. The zero-order valence-corrected chi connectivity index (χ0v) is 19.4. The van der Waals surface area contributed by atoms with Crippen molar-refractivity contribution in [2.75, 3.05) is 14.2 Å². The molecule has 0 heterocycles. The largest absolute Gasteiger partial charge is 0.493 e. The van der Waals surface area contributed by atoms with Crippen LogP contribution in [0.1, 0.15) is 74.4 Å². The molecule has 0 saturated heterocycles. The molecule has 3 heteroatoms. The van der Waals surface area contributed by atoms with Gasteiger partial charge in [0, 0.05) is 11.5 Å². The van der Waals surface area contributed by atoms with Crippen LogP contribution in [0.5, 0.6) is 11.5 Å². The number of carbonyl (C=O) groups excluding carboxylic acids is 1. The van der Waals surface area contributed by atoms with Gasteiger partial charge in [-0.05, 0) is 48.4 Å². The highest BCUT2D eigenvalue weighted by Crippen LogP contribution is 2.39. The second-order valence-electron chi connectivity index (χ2n) is 8.15. The Morgan fingerprint density at radius 2 is 1.53 bits per heavy atom. The highest BCUT2D eigenvalue weighted by Gasteiger charge is 2.33. The molecule has 0 saturated carbocycles. The normalized spacial score (nSPS) is 14.9.